The Morgan fingerprint density at radius 1 is 1.45 bits per heavy atom. The summed E-state index contributed by atoms with van der Waals surface area (Å²) in [4.78, 5) is 12.4. The SMILES string of the molecule is Cc1nn(C)c(C)c1C(=O)N[C@@H]1CCn2nccc2C1. The maximum Gasteiger partial charge on any atom is 0.255 e. The van der Waals surface area contributed by atoms with Gasteiger partial charge in [-0.15, -0.1) is 0 Å². The van der Waals surface area contributed by atoms with Gasteiger partial charge < -0.3 is 5.32 Å². The Balaban J connectivity index is 1.74. The van der Waals surface area contributed by atoms with Crippen molar-refractivity contribution in [2.24, 2.45) is 7.05 Å². The van der Waals surface area contributed by atoms with Gasteiger partial charge in [-0.1, -0.05) is 0 Å². The molecule has 1 amide bonds. The van der Waals surface area contributed by atoms with Crippen molar-refractivity contribution >= 4 is 5.91 Å². The molecule has 106 valence electrons. The van der Waals surface area contributed by atoms with Crippen LogP contribution in [0.15, 0.2) is 12.3 Å². The number of carbonyl (C=O) groups excluding carboxylic acids is 1. The van der Waals surface area contributed by atoms with Crippen molar-refractivity contribution in [3.05, 3.63) is 34.9 Å². The molecule has 0 saturated heterocycles. The first-order valence-corrected chi connectivity index (χ1v) is 6.88. The lowest BCUT2D eigenvalue weighted by molar-refractivity contribution is 0.0929. The molecular formula is C14H19N5O. The van der Waals surface area contributed by atoms with Crippen molar-refractivity contribution in [1.29, 1.82) is 0 Å². The van der Waals surface area contributed by atoms with Crippen LogP contribution in [0.3, 0.4) is 0 Å². The molecular weight excluding hydrogens is 254 g/mol. The summed E-state index contributed by atoms with van der Waals surface area (Å²) in [5, 5.41) is 11.7. The second-order valence-electron chi connectivity index (χ2n) is 5.38. The van der Waals surface area contributed by atoms with E-state index >= 15 is 0 Å². The van der Waals surface area contributed by atoms with E-state index in [-0.39, 0.29) is 11.9 Å². The highest BCUT2D eigenvalue weighted by atomic mass is 16.1. The van der Waals surface area contributed by atoms with Gasteiger partial charge in [0.1, 0.15) is 0 Å². The third kappa shape index (κ3) is 2.11. The summed E-state index contributed by atoms with van der Waals surface area (Å²) in [5.74, 6) is -0.0222. The fourth-order valence-electron chi connectivity index (χ4n) is 2.85. The van der Waals surface area contributed by atoms with Gasteiger partial charge >= 0.3 is 0 Å². The Bertz CT molecular complexity index is 655. The number of hydrogen-bond acceptors (Lipinski definition) is 3. The normalized spacial score (nSPS) is 17.9. The summed E-state index contributed by atoms with van der Waals surface area (Å²) in [6.45, 7) is 4.65. The standard InChI is InChI=1S/C14H19N5O/c1-9-13(10(2)18(3)17-9)14(20)16-11-5-7-19-12(8-11)4-6-15-19/h4,6,11H,5,7-8H2,1-3H3,(H,16,20)/t11-/m1/s1. The van der Waals surface area contributed by atoms with Crippen LogP contribution in [0.1, 0.15) is 33.9 Å². The molecule has 0 aromatic carbocycles. The van der Waals surface area contributed by atoms with E-state index in [1.807, 2.05) is 37.8 Å². The van der Waals surface area contributed by atoms with Gasteiger partial charge in [-0.25, -0.2) is 0 Å². The lowest BCUT2D eigenvalue weighted by Gasteiger charge is -2.24. The van der Waals surface area contributed by atoms with Gasteiger partial charge in [-0.05, 0) is 26.3 Å². The Morgan fingerprint density at radius 2 is 2.25 bits per heavy atom. The number of rotatable bonds is 2. The van der Waals surface area contributed by atoms with Crippen LogP contribution in [0.4, 0.5) is 0 Å². The zero-order chi connectivity index (χ0) is 14.3. The van der Waals surface area contributed by atoms with Gasteiger partial charge in [0.25, 0.3) is 5.91 Å². The number of aromatic nitrogens is 4. The van der Waals surface area contributed by atoms with Crippen LogP contribution >= 0.6 is 0 Å². The zero-order valence-corrected chi connectivity index (χ0v) is 12.1. The molecule has 0 spiro atoms. The quantitative estimate of drug-likeness (QED) is 0.887. The Morgan fingerprint density at radius 3 is 2.95 bits per heavy atom. The maximum atomic E-state index is 12.4. The number of fused-ring (bicyclic) bond motifs is 1. The van der Waals surface area contributed by atoms with E-state index in [1.54, 1.807) is 4.68 Å². The van der Waals surface area contributed by atoms with Crippen LogP contribution in [-0.4, -0.2) is 31.5 Å². The zero-order valence-electron chi connectivity index (χ0n) is 12.1. The number of carbonyl (C=O) groups is 1. The van der Waals surface area contributed by atoms with E-state index in [2.05, 4.69) is 15.5 Å². The van der Waals surface area contributed by atoms with E-state index in [0.717, 1.165) is 30.8 Å². The Labute approximate surface area is 117 Å². The first kappa shape index (κ1) is 12.9. The van der Waals surface area contributed by atoms with Crippen LogP contribution < -0.4 is 5.32 Å². The molecule has 0 bridgehead atoms. The minimum absolute atomic E-state index is 0.0222. The number of amides is 1. The molecule has 0 radical (unpaired) electrons. The van der Waals surface area contributed by atoms with Crippen LogP contribution in [-0.2, 0) is 20.0 Å². The predicted molar refractivity (Wildman–Crippen MR) is 74.5 cm³/mol. The first-order chi connectivity index (χ1) is 9.56. The summed E-state index contributed by atoms with van der Waals surface area (Å²) in [5.41, 5.74) is 3.57. The van der Waals surface area contributed by atoms with Crippen LogP contribution in [0.2, 0.25) is 0 Å². The molecule has 1 aliphatic rings. The lowest BCUT2D eigenvalue weighted by Crippen LogP contribution is -2.40. The monoisotopic (exact) mass is 273 g/mol. The largest absolute Gasteiger partial charge is 0.349 e. The summed E-state index contributed by atoms with van der Waals surface area (Å²) in [6, 6.07) is 2.18. The minimum atomic E-state index is -0.0222. The van der Waals surface area contributed by atoms with Crippen LogP contribution in [0, 0.1) is 13.8 Å². The Kier molecular flexibility index (Phi) is 3.08. The molecule has 3 heterocycles. The highest BCUT2D eigenvalue weighted by Crippen LogP contribution is 2.16. The van der Waals surface area contributed by atoms with Crippen molar-refractivity contribution in [3.63, 3.8) is 0 Å². The van der Waals surface area contributed by atoms with Crippen LogP contribution in [0.5, 0.6) is 0 Å². The number of hydrogen-bond donors (Lipinski definition) is 1. The van der Waals surface area contributed by atoms with E-state index in [1.165, 1.54) is 5.69 Å². The molecule has 1 N–H and O–H groups in total. The Hall–Kier alpha value is -2.11. The molecule has 0 aliphatic carbocycles. The van der Waals surface area contributed by atoms with Gasteiger partial charge in [-0.2, -0.15) is 10.2 Å². The second kappa shape index (κ2) is 4.77. The topological polar surface area (TPSA) is 64.7 Å². The number of aryl methyl sites for hydroxylation is 3. The highest BCUT2D eigenvalue weighted by Gasteiger charge is 2.23. The summed E-state index contributed by atoms with van der Waals surface area (Å²) < 4.78 is 3.75. The highest BCUT2D eigenvalue weighted by molar-refractivity contribution is 5.96. The van der Waals surface area contributed by atoms with Crippen molar-refractivity contribution in [3.8, 4) is 0 Å². The van der Waals surface area contributed by atoms with Gasteiger partial charge in [0.2, 0.25) is 0 Å². The lowest BCUT2D eigenvalue weighted by atomic mass is 10.0. The van der Waals surface area contributed by atoms with Gasteiger partial charge in [0, 0.05) is 43.6 Å². The van der Waals surface area contributed by atoms with Gasteiger partial charge in [0.15, 0.2) is 0 Å². The number of nitrogens with one attached hydrogen (secondary N) is 1. The molecule has 6 heteroatoms. The fraction of sp³-hybridized carbons (Fsp3) is 0.500. The van der Waals surface area contributed by atoms with E-state index in [4.69, 9.17) is 0 Å². The molecule has 2 aromatic heterocycles. The second-order valence-corrected chi connectivity index (χ2v) is 5.38. The van der Waals surface area contributed by atoms with E-state index in [9.17, 15) is 4.79 Å². The molecule has 6 nitrogen and oxygen atoms in total. The average molecular weight is 273 g/mol. The third-order valence-electron chi connectivity index (χ3n) is 4.02. The molecule has 1 atom stereocenters. The average Bonchev–Trinajstić information content (AvgIpc) is 2.94. The molecule has 0 unspecified atom stereocenters. The first-order valence-electron chi connectivity index (χ1n) is 6.88. The fourth-order valence-corrected chi connectivity index (χ4v) is 2.85. The smallest absolute Gasteiger partial charge is 0.255 e. The van der Waals surface area contributed by atoms with Gasteiger partial charge in [0.05, 0.1) is 11.3 Å². The molecule has 3 rings (SSSR count). The van der Waals surface area contributed by atoms with E-state index < -0.39 is 0 Å². The third-order valence-corrected chi connectivity index (χ3v) is 4.02. The molecule has 0 fully saturated rings. The molecule has 2 aromatic rings. The summed E-state index contributed by atoms with van der Waals surface area (Å²) in [7, 11) is 1.86. The van der Waals surface area contributed by atoms with Gasteiger partial charge in [-0.3, -0.25) is 14.2 Å². The van der Waals surface area contributed by atoms with Crippen molar-refractivity contribution in [2.45, 2.75) is 39.3 Å². The molecule has 20 heavy (non-hydrogen) atoms. The van der Waals surface area contributed by atoms with Crippen molar-refractivity contribution in [2.75, 3.05) is 0 Å². The van der Waals surface area contributed by atoms with Crippen LogP contribution in [0.25, 0.3) is 0 Å². The maximum absolute atomic E-state index is 12.4. The number of nitrogens with zero attached hydrogens (tertiary/aromatic N) is 4. The van der Waals surface area contributed by atoms with E-state index in [0.29, 0.717) is 5.56 Å². The predicted octanol–water partition coefficient (Wildman–Crippen LogP) is 0.978. The summed E-state index contributed by atoms with van der Waals surface area (Å²) >= 11 is 0. The molecule has 1 aliphatic heterocycles. The summed E-state index contributed by atoms with van der Waals surface area (Å²) in [6.07, 6.45) is 3.57. The van der Waals surface area contributed by atoms with Crippen molar-refractivity contribution < 1.29 is 4.79 Å². The van der Waals surface area contributed by atoms with Crippen molar-refractivity contribution in [1.82, 2.24) is 24.9 Å². The minimum Gasteiger partial charge on any atom is -0.349 e. The molecule has 0 saturated carbocycles.